The molecule has 0 aromatic heterocycles. The third-order valence-corrected chi connectivity index (χ3v) is 7.81. The van der Waals surface area contributed by atoms with Crippen LogP contribution in [-0.2, 0) is 28.0 Å². The highest BCUT2D eigenvalue weighted by Gasteiger charge is 2.50. The van der Waals surface area contributed by atoms with E-state index in [0.29, 0.717) is 5.92 Å². The van der Waals surface area contributed by atoms with Gasteiger partial charge in [0.2, 0.25) is 5.91 Å². The van der Waals surface area contributed by atoms with Crippen LogP contribution in [0.5, 0.6) is 0 Å². The Morgan fingerprint density at radius 1 is 1.07 bits per heavy atom. The normalized spacial score (nSPS) is 30.8. The molecule has 3 unspecified atom stereocenters. The summed E-state index contributed by atoms with van der Waals surface area (Å²) in [5.41, 5.74) is 2.30. The highest BCUT2D eigenvalue weighted by atomic mass is 16.2. The van der Waals surface area contributed by atoms with Crippen molar-refractivity contribution in [2.24, 2.45) is 5.92 Å². The quantitative estimate of drug-likeness (QED) is 0.780. The van der Waals surface area contributed by atoms with E-state index in [0.717, 1.165) is 55.5 Å². The summed E-state index contributed by atoms with van der Waals surface area (Å²) in [6.45, 7) is 2.34. The zero-order valence-corrected chi connectivity index (χ0v) is 17.8. The van der Waals surface area contributed by atoms with Crippen molar-refractivity contribution < 1.29 is 14.4 Å². The minimum absolute atomic E-state index is 0.0895. The van der Waals surface area contributed by atoms with Gasteiger partial charge in [0, 0.05) is 12.6 Å². The van der Waals surface area contributed by atoms with Gasteiger partial charge in [0.1, 0.15) is 12.1 Å². The van der Waals surface area contributed by atoms with Gasteiger partial charge >= 0.3 is 6.03 Å². The number of urea groups is 1. The summed E-state index contributed by atoms with van der Waals surface area (Å²) in [7, 11) is 0. The largest absolute Gasteiger partial charge is 0.338 e. The molecule has 2 heterocycles. The van der Waals surface area contributed by atoms with E-state index in [1.807, 2.05) is 11.0 Å². The number of nitrogens with one attached hydrogen (secondary N) is 1. The summed E-state index contributed by atoms with van der Waals surface area (Å²) >= 11 is 0. The number of piperidine rings is 1. The Morgan fingerprint density at radius 3 is 2.70 bits per heavy atom. The second kappa shape index (κ2) is 7.40. The molecule has 30 heavy (non-hydrogen) atoms. The van der Waals surface area contributed by atoms with Gasteiger partial charge in [0.15, 0.2) is 0 Å². The van der Waals surface area contributed by atoms with Gasteiger partial charge < -0.3 is 10.2 Å². The predicted molar refractivity (Wildman–Crippen MR) is 113 cm³/mol. The molecular weight excluding hydrogens is 378 g/mol. The molecule has 160 valence electrons. The number of likely N-dealkylation sites (tertiary alicyclic amines) is 1. The Morgan fingerprint density at radius 2 is 1.83 bits per heavy atom. The monoisotopic (exact) mass is 409 g/mol. The second-order valence-corrected chi connectivity index (χ2v) is 9.62. The first-order valence-corrected chi connectivity index (χ1v) is 11.5. The van der Waals surface area contributed by atoms with E-state index in [1.165, 1.54) is 30.4 Å². The lowest BCUT2D eigenvalue weighted by atomic mass is 9.78. The molecule has 3 fully saturated rings. The first-order valence-electron chi connectivity index (χ1n) is 11.5. The molecule has 6 nitrogen and oxygen atoms in total. The molecule has 4 aliphatic rings. The third kappa shape index (κ3) is 3.12. The first-order chi connectivity index (χ1) is 14.5. The van der Waals surface area contributed by atoms with Crippen molar-refractivity contribution in [3.05, 3.63) is 34.9 Å². The van der Waals surface area contributed by atoms with E-state index in [1.54, 1.807) is 6.92 Å². The molecule has 2 aliphatic heterocycles. The molecule has 1 aromatic carbocycles. The number of imide groups is 1. The smallest absolute Gasteiger partial charge is 0.325 e. The fourth-order valence-corrected chi connectivity index (χ4v) is 6.08. The van der Waals surface area contributed by atoms with Crippen LogP contribution >= 0.6 is 0 Å². The van der Waals surface area contributed by atoms with Gasteiger partial charge in [-0.2, -0.15) is 0 Å². The molecule has 1 N–H and O–H groups in total. The molecular formula is C24H31N3O3. The first kappa shape index (κ1) is 19.6. The number of amides is 4. The molecule has 3 atom stereocenters. The number of hydrogen-bond donors (Lipinski definition) is 1. The molecule has 1 saturated carbocycles. The number of hydrogen-bond acceptors (Lipinski definition) is 3. The third-order valence-electron chi connectivity index (χ3n) is 7.81. The highest BCUT2D eigenvalue weighted by molar-refractivity contribution is 6.09. The number of rotatable bonds is 3. The SMILES string of the molecule is CC1(c2ccc3c(c2)CCC3)NC(=O)N(CC(=O)N2CCCC3CCCCC32)C1=O. The number of fused-ring (bicyclic) bond motifs is 2. The zero-order valence-electron chi connectivity index (χ0n) is 17.8. The van der Waals surface area contributed by atoms with Crippen molar-refractivity contribution in [1.29, 1.82) is 0 Å². The molecule has 2 saturated heterocycles. The highest BCUT2D eigenvalue weighted by Crippen LogP contribution is 2.36. The van der Waals surface area contributed by atoms with Crippen LogP contribution in [0, 0.1) is 5.92 Å². The zero-order chi connectivity index (χ0) is 20.9. The van der Waals surface area contributed by atoms with Crippen molar-refractivity contribution in [2.45, 2.75) is 76.3 Å². The Balaban J connectivity index is 1.33. The van der Waals surface area contributed by atoms with Crippen LogP contribution in [0.4, 0.5) is 4.79 Å². The average Bonchev–Trinajstić information content (AvgIpc) is 3.31. The van der Waals surface area contributed by atoms with Gasteiger partial charge in [0.25, 0.3) is 5.91 Å². The van der Waals surface area contributed by atoms with Crippen LogP contribution in [0.1, 0.15) is 68.6 Å². The summed E-state index contributed by atoms with van der Waals surface area (Å²) in [6, 6.07) is 5.90. The number of carbonyl (C=O) groups excluding carboxylic acids is 3. The molecule has 1 aromatic rings. The van der Waals surface area contributed by atoms with Crippen LogP contribution in [0.2, 0.25) is 0 Å². The van der Waals surface area contributed by atoms with E-state index in [-0.39, 0.29) is 24.4 Å². The fraction of sp³-hybridized carbons (Fsp3) is 0.625. The minimum atomic E-state index is -1.11. The van der Waals surface area contributed by atoms with Gasteiger partial charge in [-0.05, 0) is 74.5 Å². The summed E-state index contributed by atoms with van der Waals surface area (Å²) < 4.78 is 0. The van der Waals surface area contributed by atoms with Crippen molar-refractivity contribution in [1.82, 2.24) is 15.1 Å². The molecule has 5 rings (SSSR count). The standard InChI is InChI=1S/C24H31N3O3/c1-24(19-12-11-16-7-4-8-18(16)14-19)22(29)27(23(30)25-24)15-21(28)26-13-5-9-17-6-2-3-10-20(17)26/h11-12,14,17,20H,2-10,13,15H2,1H3,(H,25,30). The van der Waals surface area contributed by atoms with E-state index in [9.17, 15) is 14.4 Å². The molecule has 0 bridgehead atoms. The molecule has 0 radical (unpaired) electrons. The van der Waals surface area contributed by atoms with Crippen LogP contribution in [0.15, 0.2) is 18.2 Å². The molecule has 0 spiro atoms. The molecule has 2 aliphatic carbocycles. The number of carbonyl (C=O) groups is 3. The summed E-state index contributed by atoms with van der Waals surface area (Å²) in [5, 5.41) is 2.87. The maximum Gasteiger partial charge on any atom is 0.325 e. The number of benzene rings is 1. The Labute approximate surface area is 178 Å². The molecule has 4 amide bonds. The van der Waals surface area contributed by atoms with E-state index in [2.05, 4.69) is 17.4 Å². The lowest BCUT2D eigenvalue weighted by Crippen LogP contribution is -2.53. The van der Waals surface area contributed by atoms with E-state index < -0.39 is 11.6 Å². The predicted octanol–water partition coefficient (Wildman–Crippen LogP) is 3.12. The van der Waals surface area contributed by atoms with Gasteiger partial charge in [-0.15, -0.1) is 0 Å². The molecule has 6 heteroatoms. The number of aryl methyl sites for hydroxylation is 2. The van der Waals surface area contributed by atoms with Crippen LogP contribution < -0.4 is 5.32 Å². The van der Waals surface area contributed by atoms with E-state index in [4.69, 9.17) is 0 Å². The van der Waals surface area contributed by atoms with Gasteiger partial charge in [-0.3, -0.25) is 14.5 Å². The van der Waals surface area contributed by atoms with Crippen LogP contribution in [-0.4, -0.2) is 46.8 Å². The number of nitrogens with zero attached hydrogens (tertiary/aromatic N) is 2. The summed E-state index contributed by atoms with van der Waals surface area (Å²) in [5.74, 6) is 0.167. The van der Waals surface area contributed by atoms with Crippen molar-refractivity contribution in [3.8, 4) is 0 Å². The van der Waals surface area contributed by atoms with Crippen LogP contribution in [0.3, 0.4) is 0 Å². The second-order valence-electron chi connectivity index (χ2n) is 9.62. The lowest BCUT2D eigenvalue weighted by molar-refractivity contribution is -0.142. The van der Waals surface area contributed by atoms with E-state index >= 15 is 0 Å². The van der Waals surface area contributed by atoms with Crippen LogP contribution in [0.25, 0.3) is 0 Å². The topological polar surface area (TPSA) is 69.7 Å². The van der Waals surface area contributed by atoms with Gasteiger partial charge in [-0.1, -0.05) is 31.0 Å². The van der Waals surface area contributed by atoms with Crippen molar-refractivity contribution in [3.63, 3.8) is 0 Å². The Hall–Kier alpha value is -2.37. The Kier molecular flexibility index (Phi) is 4.83. The minimum Gasteiger partial charge on any atom is -0.338 e. The van der Waals surface area contributed by atoms with Gasteiger partial charge in [0.05, 0.1) is 0 Å². The van der Waals surface area contributed by atoms with Crippen molar-refractivity contribution in [2.75, 3.05) is 13.1 Å². The van der Waals surface area contributed by atoms with Crippen molar-refractivity contribution >= 4 is 17.8 Å². The lowest BCUT2D eigenvalue weighted by Gasteiger charge is -2.44. The summed E-state index contributed by atoms with van der Waals surface area (Å²) in [6.07, 6.45) is 10.1. The van der Waals surface area contributed by atoms with Gasteiger partial charge in [-0.25, -0.2) is 4.79 Å². The maximum atomic E-state index is 13.3. The average molecular weight is 410 g/mol. The fourth-order valence-electron chi connectivity index (χ4n) is 6.08. The summed E-state index contributed by atoms with van der Waals surface area (Å²) in [4.78, 5) is 42.3. The maximum absolute atomic E-state index is 13.3. The Bertz CT molecular complexity index is 896.